The quantitative estimate of drug-likeness (QED) is 0.643. The fourth-order valence-electron chi connectivity index (χ4n) is 1.80. The lowest BCUT2D eigenvalue weighted by molar-refractivity contribution is 0.0941. The number of aryl methyl sites for hydroxylation is 1. The number of nitrogens with one attached hydrogen (secondary N) is 2. The number of hydrogen-bond acceptors (Lipinski definition) is 3. The van der Waals surface area contributed by atoms with E-state index in [0.29, 0.717) is 5.56 Å². The summed E-state index contributed by atoms with van der Waals surface area (Å²) in [6, 6.07) is 10.8. The summed E-state index contributed by atoms with van der Waals surface area (Å²) in [6.45, 7) is 1.92. The third kappa shape index (κ3) is 4.50. The Morgan fingerprint density at radius 1 is 1.18 bits per heavy atom. The third-order valence-corrected chi connectivity index (χ3v) is 3.63. The van der Waals surface area contributed by atoms with E-state index in [1.54, 1.807) is 18.3 Å². The van der Waals surface area contributed by atoms with Crippen LogP contribution in [0.4, 0.5) is 5.69 Å². The molecule has 0 aliphatic carbocycles. The van der Waals surface area contributed by atoms with Crippen LogP contribution in [0.1, 0.15) is 15.9 Å². The second-order valence-corrected chi connectivity index (χ2v) is 7.02. The molecule has 22 heavy (non-hydrogen) atoms. The number of hydrogen-bond donors (Lipinski definition) is 2. The molecule has 0 aliphatic rings. The van der Waals surface area contributed by atoms with Crippen molar-refractivity contribution in [1.82, 2.24) is 10.3 Å². The van der Waals surface area contributed by atoms with Crippen molar-refractivity contribution < 1.29 is 4.79 Å². The van der Waals surface area contributed by atoms with Gasteiger partial charge >= 0.3 is 0 Å². The topological polar surface area (TPSA) is 54.0 Å². The summed E-state index contributed by atoms with van der Waals surface area (Å²) in [6.07, 6.45) is 2.12. The maximum Gasteiger partial charge on any atom is 0.254 e. The molecule has 7 heteroatoms. The number of amides is 1. The first kappa shape index (κ1) is 16.9. The van der Waals surface area contributed by atoms with Gasteiger partial charge in [-0.2, -0.15) is 0 Å². The van der Waals surface area contributed by atoms with Crippen molar-refractivity contribution >= 4 is 46.4 Å². The number of carbonyl (C=O) groups excluding carboxylic acids is 1. The van der Waals surface area contributed by atoms with E-state index >= 15 is 0 Å². The molecule has 0 unspecified atom stereocenters. The highest BCUT2D eigenvalue weighted by molar-refractivity contribution is 6.68. The Balaban J connectivity index is 2.18. The Hall–Kier alpha value is -1.49. The first-order valence-corrected chi connectivity index (χ1v) is 7.61. The second-order valence-electron chi connectivity index (χ2n) is 4.65. The van der Waals surface area contributed by atoms with E-state index in [1.807, 2.05) is 31.2 Å². The van der Waals surface area contributed by atoms with E-state index in [2.05, 4.69) is 15.6 Å². The standard InChI is InChI=1S/C15H14Cl3N3O/c1-10-5-2-3-7-12(10)20-14(15(16,17)18)21-13(22)11-6-4-8-19-9-11/h2-9,14,20H,1H3,(H,21,22)/t14-/m1/s1. The lowest BCUT2D eigenvalue weighted by Crippen LogP contribution is -2.49. The zero-order valence-corrected chi connectivity index (χ0v) is 14.0. The Kier molecular flexibility index (Phi) is 5.51. The smallest absolute Gasteiger partial charge is 0.254 e. The van der Waals surface area contributed by atoms with Gasteiger partial charge in [-0.15, -0.1) is 0 Å². The average molecular weight is 359 g/mol. The number of pyridine rings is 1. The van der Waals surface area contributed by atoms with Crippen LogP contribution in [0.2, 0.25) is 0 Å². The van der Waals surface area contributed by atoms with Crippen LogP contribution in [-0.2, 0) is 0 Å². The van der Waals surface area contributed by atoms with E-state index < -0.39 is 9.96 Å². The summed E-state index contributed by atoms with van der Waals surface area (Å²) in [5.41, 5.74) is 2.12. The minimum Gasteiger partial charge on any atom is -0.362 e. The van der Waals surface area contributed by atoms with Crippen LogP contribution in [0.25, 0.3) is 0 Å². The maximum absolute atomic E-state index is 12.2. The number of aromatic nitrogens is 1. The Morgan fingerprint density at radius 2 is 1.91 bits per heavy atom. The molecule has 0 saturated carbocycles. The van der Waals surface area contributed by atoms with E-state index in [9.17, 15) is 4.79 Å². The van der Waals surface area contributed by atoms with Gasteiger partial charge in [-0.25, -0.2) is 0 Å². The number of anilines is 1. The van der Waals surface area contributed by atoms with Gasteiger partial charge in [0.05, 0.1) is 5.56 Å². The highest BCUT2D eigenvalue weighted by Gasteiger charge is 2.34. The van der Waals surface area contributed by atoms with Gasteiger partial charge in [-0.05, 0) is 30.7 Å². The van der Waals surface area contributed by atoms with Gasteiger partial charge in [0.2, 0.25) is 3.79 Å². The molecule has 0 fully saturated rings. The number of carbonyl (C=O) groups is 1. The molecule has 1 heterocycles. The zero-order valence-electron chi connectivity index (χ0n) is 11.7. The molecule has 1 aromatic heterocycles. The number of halogens is 3. The number of benzene rings is 1. The maximum atomic E-state index is 12.2. The van der Waals surface area contributed by atoms with Crippen LogP contribution >= 0.6 is 34.8 Å². The highest BCUT2D eigenvalue weighted by atomic mass is 35.6. The van der Waals surface area contributed by atoms with Gasteiger partial charge in [-0.1, -0.05) is 53.0 Å². The molecule has 0 radical (unpaired) electrons. The zero-order chi connectivity index (χ0) is 16.2. The second kappa shape index (κ2) is 7.18. The first-order valence-electron chi connectivity index (χ1n) is 6.47. The Labute approximate surface area is 143 Å². The molecule has 0 bridgehead atoms. The Morgan fingerprint density at radius 3 is 2.50 bits per heavy atom. The lowest BCUT2D eigenvalue weighted by Gasteiger charge is -2.28. The van der Waals surface area contributed by atoms with Crippen molar-refractivity contribution in [1.29, 1.82) is 0 Å². The number of rotatable bonds is 4. The van der Waals surface area contributed by atoms with Crippen molar-refractivity contribution in [3.8, 4) is 0 Å². The van der Waals surface area contributed by atoms with Gasteiger partial charge in [0, 0.05) is 18.1 Å². The summed E-state index contributed by atoms with van der Waals surface area (Å²) in [5.74, 6) is -0.384. The summed E-state index contributed by atoms with van der Waals surface area (Å²) in [4.78, 5) is 16.1. The molecule has 1 aromatic carbocycles. The average Bonchev–Trinajstić information content (AvgIpc) is 2.48. The van der Waals surface area contributed by atoms with Crippen molar-refractivity contribution in [3.05, 3.63) is 59.9 Å². The predicted molar refractivity (Wildman–Crippen MR) is 90.6 cm³/mol. The SMILES string of the molecule is Cc1ccccc1N[C@H](NC(=O)c1cccnc1)C(Cl)(Cl)Cl. The summed E-state index contributed by atoms with van der Waals surface area (Å²) in [7, 11) is 0. The van der Waals surface area contributed by atoms with E-state index in [-0.39, 0.29) is 5.91 Å². The van der Waals surface area contributed by atoms with E-state index in [0.717, 1.165) is 11.3 Å². The van der Waals surface area contributed by atoms with Crippen molar-refractivity contribution in [2.75, 3.05) is 5.32 Å². The van der Waals surface area contributed by atoms with Crippen LogP contribution in [-0.4, -0.2) is 20.8 Å². The van der Waals surface area contributed by atoms with Crippen LogP contribution in [0.3, 0.4) is 0 Å². The fourth-order valence-corrected chi connectivity index (χ4v) is 2.13. The molecule has 1 amide bonds. The Bertz CT molecular complexity index is 644. The normalized spacial score (nSPS) is 12.5. The molecule has 0 aliphatic heterocycles. The molecule has 1 atom stereocenters. The van der Waals surface area contributed by atoms with Crippen LogP contribution < -0.4 is 10.6 Å². The first-order chi connectivity index (χ1) is 10.4. The molecule has 2 rings (SSSR count). The van der Waals surface area contributed by atoms with Gasteiger partial charge in [0.15, 0.2) is 0 Å². The molecule has 0 spiro atoms. The summed E-state index contributed by atoms with van der Waals surface area (Å²) >= 11 is 17.9. The van der Waals surface area contributed by atoms with E-state index in [4.69, 9.17) is 34.8 Å². The molecule has 0 saturated heterocycles. The summed E-state index contributed by atoms with van der Waals surface area (Å²) < 4.78 is -1.72. The molecular weight excluding hydrogens is 345 g/mol. The minimum atomic E-state index is -1.72. The van der Waals surface area contributed by atoms with Crippen LogP contribution in [0.15, 0.2) is 48.8 Å². The minimum absolute atomic E-state index is 0.383. The van der Waals surface area contributed by atoms with Crippen LogP contribution in [0.5, 0.6) is 0 Å². The molecular formula is C15H14Cl3N3O. The van der Waals surface area contributed by atoms with Gasteiger partial charge < -0.3 is 10.6 Å². The highest BCUT2D eigenvalue weighted by Crippen LogP contribution is 2.31. The van der Waals surface area contributed by atoms with Gasteiger partial charge in [-0.3, -0.25) is 9.78 Å². The van der Waals surface area contributed by atoms with Crippen molar-refractivity contribution in [2.45, 2.75) is 16.9 Å². The predicted octanol–water partition coefficient (Wildman–Crippen LogP) is 3.93. The number of nitrogens with zero attached hydrogens (tertiary/aromatic N) is 1. The van der Waals surface area contributed by atoms with Crippen LogP contribution in [0, 0.1) is 6.92 Å². The monoisotopic (exact) mass is 357 g/mol. The van der Waals surface area contributed by atoms with Gasteiger partial charge in [0.1, 0.15) is 6.17 Å². The molecule has 2 aromatic rings. The molecule has 2 N–H and O–H groups in total. The molecule has 116 valence electrons. The van der Waals surface area contributed by atoms with Crippen molar-refractivity contribution in [3.63, 3.8) is 0 Å². The molecule has 4 nitrogen and oxygen atoms in total. The summed E-state index contributed by atoms with van der Waals surface area (Å²) in [5, 5.41) is 5.70. The van der Waals surface area contributed by atoms with E-state index in [1.165, 1.54) is 6.20 Å². The lowest BCUT2D eigenvalue weighted by atomic mass is 10.2. The number of para-hydroxylation sites is 1. The number of alkyl halides is 3. The largest absolute Gasteiger partial charge is 0.362 e. The van der Waals surface area contributed by atoms with Crippen molar-refractivity contribution in [2.24, 2.45) is 0 Å². The van der Waals surface area contributed by atoms with Gasteiger partial charge in [0.25, 0.3) is 5.91 Å². The third-order valence-electron chi connectivity index (χ3n) is 2.97. The fraction of sp³-hybridized carbons (Fsp3) is 0.200.